The van der Waals surface area contributed by atoms with Crippen LogP contribution in [0.1, 0.15) is 30.4 Å². The summed E-state index contributed by atoms with van der Waals surface area (Å²) in [6, 6.07) is 5.11. The minimum absolute atomic E-state index is 0. The van der Waals surface area contributed by atoms with Gasteiger partial charge >= 0.3 is 0 Å². The van der Waals surface area contributed by atoms with Crippen molar-refractivity contribution >= 4 is 12.4 Å². The Bertz CT molecular complexity index is 314. The van der Waals surface area contributed by atoms with Crippen molar-refractivity contribution in [3.8, 4) is 0 Å². The van der Waals surface area contributed by atoms with Gasteiger partial charge in [0, 0.05) is 13.1 Å². The smallest absolute Gasteiger partial charge is 0.123 e. The summed E-state index contributed by atoms with van der Waals surface area (Å²) < 4.78 is 13.0. The minimum Gasteiger partial charge on any atom is -0.312 e. The third kappa shape index (κ3) is 2.07. The maximum absolute atomic E-state index is 13.0. The van der Waals surface area contributed by atoms with Crippen molar-refractivity contribution in [3.63, 3.8) is 0 Å². The Balaban J connectivity index is 0.000000980. The SMILES string of the molecule is CCC1CNCc2ccc(F)cc21.Cl. The highest BCUT2D eigenvalue weighted by molar-refractivity contribution is 5.85. The number of halogens is 2. The molecule has 2 rings (SSSR count). The van der Waals surface area contributed by atoms with Crippen LogP contribution in [0, 0.1) is 5.82 Å². The Morgan fingerprint density at radius 3 is 3.00 bits per heavy atom. The first-order valence-corrected chi connectivity index (χ1v) is 4.80. The average Bonchev–Trinajstić information content (AvgIpc) is 2.17. The quantitative estimate of drug-likeness (QED) is 0.760. The molecule has 0 spiro atoms. The number of benzene rings is 1. The monoisotopic (exact) mass is 215 g/mol. The molecule has 1 aliphatic rings. The second kappa shape index (κ2) is 4.76. The largest absolute Gasteiger partial charge is 0.312 e. The summed E-state index contributed by atoms with van der Waals surface area (Å²) in [6.07, 6.45) is 1.07. The predicted molar refractivity (Wildman–Crippen MR) is 58.4 cm³/mol. The normalized spacial score (nSPS) is 19.7. The summed E-state index contributed by atoms with van der Waals surface area (Å²) in [5.41, 5.74) is 2.45. The molecule has 1 heterocycles. The van der Waals surface area contributed by atoms with E-state index in [1.807, 2.05) is 6.07 Å². The molecule has 3 heteroatoms. The summed E-state index contributed by atoms with van der Waals surface area (Å²) in [7, 11) is 0. The molecule has 0 amide bonds. The molecule has 1 aromatic carbocycles. The van der Waals surface area contributed by atoms with Gasteiger partial charge in [0.15, 0.2) is 0 Å². The number of fused-ring (bicyclic) bond motifs is 1. The van der Waals surface area contributed by atoms with E-state index in [9.17, 15) is 4.39 Å². The van der Waals surface area contributed by atoms with Gasteiger partial charge in [-0.2, -0.15) is 0 Å². The summed E-state index contributed by atoms with van der Waals surface area (Å²) >= 11 is 0. The fourth-order valence-electron chi connectivity index (χ4n) is 1.96. The predicted octanol–water partition coefficient (Wildman–Crippen LogP) is 2.84. The first kappa shape index (κ1) is 11.5. The summed E-state index contributed by atoms with van der Waals surface area (Å²) in [5, 5.41) is 3.34. The molecule has 1 aliphatic heterocycles. The molecular formula is C11H15ClFN. The van der Waals surface area contributed by atoms with Crippen LogP contribution in [-0.4, -0.2) is 6.54 Å². The molecule has 14 heavy (non-hydrogen) atoms. The number of rotatable bonds is 1. The fraction of sp³-hybridized carbons (Fsp3) is 0.455. The zero-order valence-electron chi connectivity index (χ0n) is 8.22. The van der Waals surface area contributed by atoms with Gasteiger partial charge in [-0.25, -0.2) is 4.39 Å². The Hall–Kier alpha value is -0.600. The van der Waals surface area contributed by atoms with Gasteiger partial charge in [-0.1, -0.05) is 13.0 Å². The lowest BCUT2D eigenvalue weighted by atomic mass is 9.89. The van der Waals surface area contributed by atoms with Gasteiger partial charge in [0.05, 0.1) is 0 Å². The van der Waals surface area contributed by atoms with Crippen LogP contribution in [-0.2, 0) is 6.54 Å². The number of hydrogen-bond donors (Lipinski definition) is 1. The maximum atomic E-state index is 13.0. The Labute approximate surface area is 90.1 Å². The van der Waals surface area contributed by atoms with E-state index in [2.05, 4.69) is 12.2 Å². The summed E-state index contributed by atoms with van der Waals surface area (Å²) in [4.78, 5) is 0. The van der Waals surface area contributed by atoms with Crippen LogP contribution in [0.4, 0.5) is 4.39 Å². The molecule has 1 N–H and O–H groups in total. The van der Waals surface area contributed by atoms with Gasteiger partial charge in [-0.3, -0.25) is 0 Å². The number of nitrogens with one attached hydrogen (secondary N) is 1. The molecule has 0 radical (unpaired) electrons. The van der Waals surface area contributed by atoms with Crippen LogP contribution in [0.2, 0.25) is 0 Å². The Morgan fingerprint density at radius 2 is 2.29 bits per heavy atom. The lowest BCUT2D eigenvalue weighted by molar-refractivity contribution is 0.523. The van der Waals surface area contributed by atoms with Crippen molar-refractivity contribution in [1.29, 1.82) is 0 Å². The van der Waals surface area contributed by atoms with Crippen molar-refractivity contribution in [2.24, 2.45) is 0 Å². The molecule has 0 fully saturated rings. The third-order valence-corrected chi connectivity index (χ3v) is 2.75. The summed E-state index contributed by atoms with van der Waals surface area (Å²) in [5.74, 6) is 0.374. The Kier molecular flexibility index (Phi) is 3.90. The molecule has 0 saturated heterocycles. The molecule has 0 bridgehead atoms. The standard InChI is InChI=1S/C11H14FN.ClH/c1-2-8-6-13-7-9-3-4-10(12)5-11(8)9;/h3-5,8,13H,2,6-7H2,1H3;1H. The minimum atomic E-state index is -0.112. The molecule has 1 aromatic rings. The van der Waals surface area contributed by atoms with E-state index in [4.69, 9.17) is 0 Å². The molecule has 0 aliphatic carbocycles. The van der Waals surface area contributed by atoms with E-state index >= 15 is 0 Å². The second-order valence-corrected chi connectivity index (χ2v) is 3.58. The zero-order valence-corrected chi connectivity index (χ0v) is 9.03. The van der Waals surface area contributed by atoms with Crippen LogP contribution < -0.4 is 5.32 Å². The maximum Gasteiger partial charge on any atom is 0.123 e. The van der Waals surface area contributed by atoms with Crippen molar-refractivity contribution < 1.29 is 4.39 Å². The van der Waals surface area contributed by atoms with E-state index in [0.717, 1.165) is 19.5 Å². The lowest BCUT2D eigenvalue weighted by Crippen LogP contribution is -2.27. The van der Waals surface area contributed by atoms with Crippen molar-refractivity contribution in [3.05, 3.63) is 35.1 Å². The Morgan fingerprint density at radius 1 is 1.50 bits per heavy atom. The molecule has 1 nitrogen and oxygen atoms in total. The van der Waals surface area contributed by atoms with Gasteiger partial charge in [0.25, 0.3) is 0 Å². The van der Waals surface area contributed by atoms with Crippen LogP contribution in [0.5, 0.6) is 0 Å². The first-order chi connectivity index (χ1) is 6.31. The molecular weight excluding hydrogens is 201 g/mol. The highest BCUT2D eigenvalue weighted by atomic mass is 35.5. The van der Waals surface area contributed by atoms with Gasteiger partial charge in [-0.05, 0) is 35.6 Å². The van der Waals surface area contributed by atoms with E-state index in [1.165, 1.54) is 11.1 Å². The van der Waals surface area contributed by atoms with Crippen LogP contribution >= 0.6 is 12.4 Å². The van der Waals surface area contributed by atoms with E-state index in [1.54, 1.807) is 12.1 Å². The fourth-order valence-corrected chi connectivity index (χ4v) is 1.96. The van der Waals surface area contributed by atoms with Gasteiger partial charge < -0.3 is 5.32 Å². The van der Waals surface area contributed by atoms with E-state index < -0.39 is 0 Å². The highest BCUT2D eigenvalue weighted by Gasteiger charge is 2.18. The zero-order chi connectivity index (χ0) is 9.26. The second-order valence-electron chi connectivity index (χ2n) is 3.58. The van der Waals surface area contributed by atoms with Crippen LogP contribution in [0.15, 0.2) is 18.2 Å². The molecule has 0 aromatic heterocycles. The molecule has 78 valence electrons. The van der Waals surface area contributed by atoms with E-state index in [-0.39, 0.29) is 18.2 Å². The van der Waals surface area contributed by atoms with Crippen molar-refractivity contribution in [1.82, 2.24) is 5.32 Å². The first-order valence-electron chi connectivity index (χ1n) is 4.80. The van der Waals surface area contributed by atoms with Gasteiger partial charge in [0.2, 0.25) is 0 Å². The van der Waals surface area contributed by atoms with Crippen LogP contribution in [0.25, 0.3) is 0 Å². The molecule has 0 saturated carbocycles. The molecule has 1 unspecified atom stereocenters. The molecule has 1 atom stereocenters. The third-order valence-electron chi connectivity index (χ3n) is 2.75. The highest BCUT2D eigenvalue weighted by Crippen LogP contribution is 2.26. The van der Waals surface area contributed by atoms with E-state index in [0.29, 0.717) is 5.92 Å². The van der Waals surface area contributed by atoms with Crippen molar-refractivity contribution in [2.45, 2.75) is 25.8 Å². The average molecular weight is 216 g/mol. The summed E-state index contributed by atoms with van der Waals surface area (Å²) in [6.45, 7) is 4.01. The number of hydrogen-bond acceptors (Lipinski definition) is 1. The van der Waals surface area contributed by atoms with Gasteiger partial charge in [-0.15, -0.1) is 12.4 Å². The van der Waals surface area contributed by atoms with Gasteiger partial charge in [0.1, 0.15) is 5.82 Å². The lowest BCUT2D eigenvalue weighted by Gasteiger charge is -2.25. The topological polar surface area (TPSA) is 12.0 Å². The van der Waals surface area contributed by atoms with Crippen molar-refractivity contribution in [2.75, 3.05) is 6.54 Å². The van der Waals surface area contributed by atoms with Crippen LogP contribution in [0.3, 0.4) is 0 Å².